The molecule has 4 unspecified atom stereocenters. The van der Waals surface area contributed by atoms with Gasteiger partial charge in [0, 0.05) is 11.3 Å². The van der Waals surface area contributed by atoms with E-state index in [1.54, 1.807) is 0 Å². The van der Waals surface area contributed by atoms with Gasteiger partial charge in [0.2, 0.25) is 0 Å². The molecule has 1 nitrogen and oxygen atoms in total. The number of unbranched alkanes of at least 4 members (excludes halogenated alkanes) is 4. The number of benzene rings is 4. The Morgan fingerprint density at radius 1 is 0.556 bits per heavy atom. The van der Waals surface area contributed by atoms with Crippen LogP contribution in [0.5, 0.6) is 0 Å². The monoisotopic (exact) mass is 724 g/mol. The number of nitrogens with two attached hydrogens (primary N) is 1. The first-order chi connectivity index (χ1) is 26.3. The van der Waals surface area contributed by atoms with Crippen LogP contribution < -0.4 is 5.73 Å². The molecule has 0 bridgehead atoms. The maximum absolute atomic E-state index is 6.66. The number of rotatable bonds is 18. The van der Waals surface area contributed by atoms with Gasteiger partial charge < -0.3 is 5.73 Å². The summed E-state index contributed by atoms with van der Waals surface area (Å²) in [6.45, 7) is 17.9. The lowest BCUT2D eigenvalue weighted by Crippen LogP contribution is -2.11. The van der Waals surface area contributed by atoms with Crippen LogP contribution in [0.15, 0.2) is 103 Å². The van der Waals surface area contributed by atoms with E-state index in [1.807, 2.05) is 13.8 Å². The lowest BCUT2D eigenvalue weighted by Gasteiger charge is -2.23. The van der Waals surface area contributed by atoms with Gasteiger partial charge in [-0.05, 0) is 111 Å². The molecule has 4 aromatic rings. The fraction of sp³-hybridized carbons (Fsp3) is 0.472. The fourth-order valence-electron chi connectivity index (χ4n) is 8.20. The maximum Gasteiger partial charge on any atom is 0.0390 e. The molecule has 0 amide bonds. The van der Waals surface area contributed by atoms with Gasteiger partial charge in [-0.2, -0.15) is 0 Å². The van der Waals surface area contributed by atoms with Crippen LogP contribution >= 0.6 is 0 Å². The lowest BCUT2D eigenvalue weighted by molar-refractivity contribution is 0.442. The second-order valence-corrected chi connectivity index (χ2v) is 16.0. The van der Waals surface area contributed by atoms with Gasteiger partial charge in [-0.1, -0.05) is 205 Å². The minimum Gasteiger partial charge on any atom is -0.398 e. The number of hydrogen-bond acceptors (Lipinski definition) is 1. The molecule has 290 valence electrons. The van der Waals surface area contributed by atoms with E-state index in [0.717, 1.165) is 24.0 Å². The first-order valence-corrected chi connectivity index (χ1v) is 21.9. The molecular formula is C53H73N. The van der Waals surface area contributed by atoms with Gasteiger partial charge in [0.05, 0.1) is 0 Å². The van der Waals surface area contributed by atoms with Crippen LogP contribution in [0.3, 0.4) is 0 Å². The highest BCUT2D eigenvalue weighted by atomic mass is 14.6. The van der Waals surface area contributed by atoms with E-state index in [2.05, 4.69) is 145 Å². The number of fused-ring (bicyclic) bond motifs is 1. The highest BCUT2D eigenvalue weighted by Crippen LogP contribution is 2.35. The Morgan fingerprint density at radius 3 is 1.54 bits per heavy atom. The topological polar surface area (TPSA) is 26.0 Å². The molecule has 4 atom stereocenters. The lowest BCUT2D eigenvalue weighted by atomic mass is 9.82. The van der Waals surface area contributed by atoms with Crippen molar-refractivity contribution in [2.45, 2.75) is 145 Å². The van der Waals surface area contributed by atoms with Crippen molar-refractivity contribution in [3.63, 3.8) is 0 Å². The summed E-state index contributed by atoms with van der Waals surface area (Å²) in [5, 5.41) is 0. The predicted molar refractivity (Wildman–Crippen MR) is 240 cm³/mol. The molecule has 0 aliphatic heterocycles. The standard InChI is InChI=1S/C51H67N.C2H6/c1-7-11-13-17-39(9-3)30-41-20-25-45(26-21-41)47-33-44(32-43-24-29-49-38(6)37(5)16-15-19-51(52)50(49)35-43)34-48(36-47)46-27-22-42(23-28-46)31-40(10-4)18-14-12-8-2;1-2/h15-16,19-29,33-40H,7-14,17-18,30-32,52H2,1-6H3;1-2H3/b16-15-,51-19-;. The Kier molecular flexibility index (Phi) is 17.9. The molecule has 0 heterocycles. The zero-order chi connectivity index (χ0) is 38.9. The van der Waals surface area contributed by atoms with Crippen molar-refractivity contribution in [1.29, 1.82) is 0 Å². The van der Waals surface area contributed by atoms with Crippen LogP contribution in [-0.2, 0) is 19.3 Å². The van der Waals surface area contributed by atoms with Crippen molar-refractivity contribution in [3.05, 3.63) is 137 Å². The van der Waals surface area contributed by atoms with Crippen molar-refractivity contribution < 1.29 is 0 Å². The number of allylic oxidation sites excluding steroid dienone is 3. The van der Waals surface area contributed by atoms with E-state index >= 15 is 0 Å². The first-order valence-electron chi connectivity index (χ1n) is 21.9. The summed E-state index contributed by atoms with van der Waals surface area (Å²) in [6, 6.07) is 33.2. The second kappa shape index (κ2) is 22.5. The highest BCUT2D eigenvalue weighted by Gasteiger charge is 2.19. The second-order valence-electron chi connectivity index (χ2n) is 16.0. The van der Waals surface area contributed by atoms with E-state index < -0.39 is 0 Å². The van der Waals surface area contributed by atoms with Crippen molar-refractivity contribution in [2.75, 3.05) is 0 Å². The first kappa shape index (κ1) is 42.9. The van der Waals surface area contributed by atoms with Crippen molar-refractivity contribution in [3.8, 4) is 22.3 Å². The third-order valence-electron chi connectivity index (χ3n) is 12.0. The molecule has 1 aliphatic carbocycles. The largest absolute Gasteiger partial charge is 0.398 e. The molecule has 54 heavy (non-hydrogen) atoms. The average Bonchev–Trinajstić information content (AvgIpc) is 3.20. The zero-order valence-corrected chi connectivity index (χ0v) is 35.4. The van der Waals surface area contributed by atoms with E-state index in [0.29, 0.717) is 11.8 Å². The van der Waals surface area contributed by atoms with Gasteiger partial charge in [0.1, 0.15) is 0 Å². The summed E-state index contributed by atoms with van der Waals surface area (Å²) in [5.41, 5.74) is 20.8. The summed E-state index contributed by atoms with van der Waals surface area (Å²) in [7, 11) is 0. The SMILES string of the molecule is CC.CCCCCC(CC)Cc1ccc(-c2cc(Cc3ccc4c(c3)/C(N)=C/C=C\C(C)C4C)cc(-c3ccc(CC(CC)CCCCC)cc3)c2)cc1. The van der Waals surface area contributed by atoms with E-state index in [9.17, 15) is 0 Å². The minimum absolute atomic E-state index is 0.418. The molecule has 0 saturated carbocycles. The molecule has 1 aliphatic rings. The Labute approximate surface area is 331 Å². The molecule has 0 fully saturated rings. The van der Waals surface area contributed by atoms with Crippen LogP contribution in [0.25, 0.3) is 28.0 Å². The molecule has 0 spiro atoms. The molecule has 0 saturated heterocycles. The van der Waals surface area contributed by atoms with Crippen LogP contribution in [0.1, 0.15) is 159 Å². The third kappa shape index (κ3) is 12.3. The Hall–Kier alpha value is -3.84. The minimum atomic E-state index is 0.418. The summed E-state index contributed by atoms with van der Waals surface area (Å²) in [5.74, 6) is 2.43. The van der Waals surface area contributed by atoms with Crippen LogP contribution in [0.2, 0.25) is 0 Å². The molecule has 1 heteroatoms. The molecule has 4 aromatic carbocycles. The molecule has 0 radical (unpaired) electrons. The van der Waals surface area contributed by atoms with Gasteiger partial charge in [-0.25, -0.2) is 0 Å². The Balaban J connectivity index is 0.00000319. The van der Waals surface area contributed by atoms with E-state index in [4.69, 9.17) is 5.73 Å². The molecular weight excluding hydrogens is 651 g/mol. The average molecular weight is 724 g/mol. The Morgan fingerprint density at radius 2 is 1.06 bits per heavy atom. The summed E-state index contributed by atoms with van der Waals surface area (Å²) < 4.78 is 0. The van der Waals surface area contributed by atoms with Crippen LogP contribution in [0.4, 0.5) is 0 Å². The number of hydrogen-bond donors (Lipinski definition) is 1. The van der Waals surface area contributed by atoms with Crippen LogP contribution in [-0.4, -0.2) is 0 Å². The van der Waals surface area contributed by atoms with Gasteiger partial charge >= 0.3 is 0 Å². The van der Waals surface area contributed by atoms with Gasteiger partial charge in [-0.15, -0.1) is 0 Å². The zero-order valence-electron chi connectivity index (χ0n) is 35.4. The maximum atomic E-state index is 6.66. The van der Waals surface area contributed by atoms with E-state index in [-0.39, 0.29) is 0 Å². The van der Waals surface area contributed by atoms with Crippen LogP contribution in [0, 0.1) is 17.8 Å². The predicted octanol–water partition coefficient (Wildman–Crippen LogP) is 15.5. The third-order valence-corrected chi connectivity index (χ3v) is 12.0. The smallest absolute Gasteiger partial charge is 0.0390 e. The molecule has 2 N–H and O–H groups in total. The summed E-state index contributed by atoms with van der Waals surface area (Å²) in [4.78, 5) is 0. The summed E-state index contributed by atoms with van der Waals surface area (Å²) >= 11 is 0. The highest BCUT2D eigenvalue weighted by molar-refractivity contribution is 5.75. The van der Waals surface area contributed by atoms with Gasteiger partial charge in [0.15, 0.2) is 0 Å². The summed E-state index contributed by atoms with van der Waals surface area (Å²) in [6.07, 6.45) is 22.9. The van der Waals surface area contributed by atoms with Gasteiger partial charge in [-0.3, -0.25) is 0 Å². The quantitative estimate of drug-likeness (QED) is 0.102. The Bertz CT molecular complexity index is 1660. The van der Waals surface area contributed by atoms with Crippen molar-refractivity contribution in [1.82, 2.24) is 0 Å². The molecule has 0 aromatic heterocycles. The fourth-order valence-corrected chi connectivity index (χ4v) is 8.20. The molecule has 5 rings (SSSR count). The van der Waals surface area contributed by atoms with Gasteiger partial charge in [0.25, 0.3) is 0 Å². The van der Waals surface area contributed by atoms with Crippen molar-refractivity contribution >= 4 is 5.70 Å². The van der Waals surface area contributed by atoms with E-state index in [1.165, 1.54) is 133 Å². The normalized spacial score (nSPS) is 17.9. The van der Waals surface area contributed by atoms with Crippen molar-refractivity contribution in [2.24, 2.45) is 23.5 Å².